The Labute approximate surface area is 139 Å². The summed E-state index contributed by atoms with van der Waals surface area (Å²) in [5.41, 5.74) is 2.76. The molecule has 0 fully saturated rings. The summed E-state index contributed by atoms with van der Waals surface area (Å²) in [6.07, 6.45) is 0. The molecule has 0 atom stereocenters. The number of benzene rings is 2. The molecule has 0 aliphatic rings. The Balaban J connectivity index is 2.20. The van der Waals surface area contributed by atoms with Crippen LogP contribution in [0.15, 0.2) is 52.0 Å². The first-order chi connectivity index (χ1) is 10.9. The molecular weight excluding hydrogens is 366 g/mol. The number of hydrogen-bond acceptors (Lipinski definition) is 5. The third kappa shape index (κ3) is 3.92. The number of amides is 1. The molecule has 0 saturated carbocycles. The van der Waals surface area contributed by atoms with Gasteiger partial charge in [0.2, 0.25) is 5.75 Å². The first kappa shape index (κ1) is 16.6. The van der Waals surface area contributed by atoms with Gasteiger partial charge in [-0.3, -0.25) is 14.9 Å². The van der Waals surface area contributed by atoms with Crippen LogP contribution < -0.4 is 5.43 Å². The van der Waals surface area contributed by atoms with Gasteiger partial charge in [0.1, 0.15) is 0 Å². The average molecular weight is 378 g/mol. The minimum atomic E-state index is -0.688. The Hall–Kier alpha value is -2.74. The van der Waals surface area contributed by atoms with Gasteiger partial charge in [-0.15, -0.1) is 0 Å². The molecule has 2 rings (SSSR count). The third-order valence-corrected chi connectivity index (χ3v) is 3.56. The van der Waals surface area contributed by atoms with Crippen LogP contribution in [0.1, 0.15) is 22.8 Å². The van der Waals surface area contributed by atoms with Crippen molar-refractivity contribution < 1.29 is 14.8 Å². The number of halogens is 1. The third-order valence-electron chi connectivity index (χ3n) is 3.03. The Kier molecular flexibility index (Phi) is 5.07. The van der Waals surface area contributed by atoms with Gasteiger partial charge >= 0.3 is 5.69 Å². The van der Waals surface area contributed by atoms with Crippen molar-refractivity contribution in [3.8, 4) is 5.75 Å². The van der Waals surface area contributed by atoms with Gasteiger partial charge in [0.15, 0.2) is 0 Å². The normalized spacial score (nSPS) is 11.1. The van der Waals surface area contributed by atoms with E-state index in [9.17, 15) is 20.0 Å². The van der Waals surface area contributed by atoms with Crippen LogP contribution in [-0.2, 0) is 0 Å². The lowest BCUT2D eigenvalue weighted by Crippen LogP contribution is -2.19. The molecule has 1 amide bonds. The first-order valence-electron chi connectivity index (χ1n) is 6.47. The fourth-order valence-electron chi connectivity index (χ4n) is 1.83. The lowest BCUT2D eigenvalue weighted by atomic mass is 10.1. The van der Waals surface area contributed by atoms with Gasteiger partial charge in [0, 0.05) is 21.7 Å². The highest BCUT2D eigenvalue weighted by Gasteiger charge is 2.18. The van der Waals surface area contributed by atoms with E-state index >= 15 is 0 Å². The monoisotopic (exact) mass is 377 g/mol. The number of carbonyl (C=O) groups excluding carboxylic acids is 1. The van der Waals surface area contributed by atoms with Crippen LogP contribution in [0.4, 0.5) is 5.69 Å². The number of hydrogen-bond donors (Lipinski definition) is 2. The second kappa shape index (κ2) is 7.01. The summed E-state index contributed by atoms with van der Waals surface area (Å²) in [6, 6.07) is 10.8. The molecule has 0 aliphatic heterocycles. The maximum absolute atomic E-state index is 11.9. The summed E-state index contributed by atoms with van der Waals surface area (Å²) in [5, 5.41) is 24.6. The molecule has 23 heavy (non-hydrogen) atoms. The molecule has 2 aromatic rings. The molecule has 0 saturated heterocycles. The minimum absolute atomic E-state index is 0.176. The predicted molar refractivity (Wildman–Crippen MR) is 88.6 cm³/mol. The number of nitro groups is 1. The van der Waals surface area contributed by atoms with Gasteiger partial charge in [-0.1, -0.05) is 22.0 Å². The second-order valence-electron chi connectivity index (χ2n) is 4.58. The molecule has 0 aromatic heterocycles. The summed E-state index contributed by atoms with van der Waals surface area (Å²) in [7, 11) is 0. The van der Waals surface area contributed by atoms with Gasteiger partial charge < -0.3 is 5.11 Å². The topological polar surface area (TPSA) is 105 Å². The van der Waals surface area contributed by atoms with Crippen LogP contribution in [0.5, 0.6) is 5.75 Å². The number of nitrogens with one attached hydrogen (secondary N) is 1. The van der Waals surface area contributed by atoms with Crippen molar-refractivity contribution >= 4 is 33.2 Å². The Morgan fingerprint density at radius 3 is 2.52 bits per heavy atom. The summed E-state index contributed by atoms with van der Waals surface area (Å²) in [5.74, 6) is -0.918. The summed E-state index contributed by atoms with van der Waals surface area (Å²) >= 11 is 3.27. The molecular formula is C15H12BrN3O4. The summed E-state index contributed by atoms with van der Waals surface area (Å²) in [6.45, 7) is 1.53. The summed E-state index contributed by atoms with van der Waals surface area (Å²) < 4.78 is 0.843. The van der Waals surface area contributed by atoms with E-state index in [0.29, 0.717) is 5.56 Å². The molecule has 0 unspecified atom stereocenters. The van der Waals surface area contributed by atoms with E-state index in [1.807, 2.05) is 0 Å². The lowest BCUT2D eigenvalue weighted by molar-refractivity contribution is -0.385. The van der Waals surface area contributed by atoms with Gasteiger partial charge in [-0.2, -0.15) is 5.10 Å². The van der Waals surface area contributed by atoms with Crippen molar-refractivity contribution in [3.05, 3.63) is 68.2 Å². The van der Waals surface area contributed by atoms with Crippen LogP contribution in [0, 0.1) is 10.1 Å². The van der Waals surface area contributed by atoms with Gasteiger partial charge in [-0.25, -0.2) is 5.43 Å². The molecule has 2 N–H and O–H groups in total. The van der Waals surface area contributed by atoms with E-state index in [4.69, 9.17) is 0 Å². The molecule has 8 heteroatoms. The highest BCUT2D eigenvalue weighted by Crippen LogP contribution is 2.29. The number of nitro benzene ring substituents is 1. The lowest BCUT2D eigenvalue weighted by Gasteiger charge is -2.05. The van der Waals surface area contributed by atoms with Crippen molar-refractivity contribution in [2.45, 2.75) is 6.92 Å². The van der Waals surface area contributed by atoms with Crippen LogP contribution in [0.25, 0.3) is 0 Å². The molecule has 0 heterocycles. The Morgan fingerprint density at radius 2 is 1.91 bits per heavy atom. The maximum atomic E-state index is 11.9. The van der Waals surface area contributed by atoms with Crippen LogP contribution in [-0.4, -0.2) is 21.6 Å². The van der Waals surface area contributed by atoms with E-state index < -0.39 is 22.3 Å². The number of phenolic OH excluding ortho intramolecular Hbond substituents is 1. The van der Waals surface area contributed by atoms with Crippen LogP contribution in [0.3, 0.4) is 0 Å². The zero-order valence-corrected chi connectivity index (χ0v) is 13.6. The number of aromatic hydroxyl groups is 1. The highest BCUT2D eigenvalue weighted by atomic mass is 79.9. The molecule has 7 nitrogen and oxygen atoms in total. The van der Waals surface area contributed by atoms with E-state index in [1.165, 1.54) is 25.1 Å². The van der Waals surface area contributed by atoms with E-state index in [2.05, 4.69) is 26.5 Å². The molecule has 0 radical (unpaired) electrons. The van der Waals surface area contributed by atoms with Gasteiger partial charge in [0.25, 0.3) is 5.91 Å². The van der Waals surface area contributed by atoms with Crippen molar-refractivity contribution in [1.29, 1.82) is 0 Å². The van der Waals surface area contributed by atoms with Crippen molar-refractivity contribution in [1.82, 2.24) is 5.43 Å². The second-order valence-corrected chi connectivity index (χ2v) is 5.49. The average Bonchev–Trinajstić information content (AvgIpc) is 2.53. The highest BCUT2D eigenvalue weighted by molar-refractivity contribution is 9.10. The maximum Gasteiger partial charge on any atom is 0.311 e. The zero-order chi connectivity index (χ0) is 17.0. The molecule has 0 aliphatic carbocycles. The molecule has 2 aromatic carbocycles. The molecule has 0 spiro atoms. The molecule has 0 bridgehead atoms. The quantitative estimate of drug-likeness (QED) is 0.484. The number of nitrogens with zero attached hydrogens (tertiary/aromatic N) is 2. The smallest absolute Gasteiger partial charge is 0.311 e. The standard InChI is InChI=1S/C15H12BrN3O4/c1-9(12-3-2-4-13(14(12)20)19(22)23)17-18-15(21)10-5-7-11(16)8-6-10/h2-8,20H,1H3,(H,18,21)/b17-9+. The fraction of sp³-hybridized carbons (Fsp3) is 0.0667. The largest absolute Gasteiger partial charge is 0.502 e. The molecule has 118 valence electrons. The number of phenols is 1. The van der Waals surface area contributed by atoms with Crippen molar-refractivity contribution in [2.24, 2.45) is 5.10 Å². The number of hydrazone groups is 1. The predicted octanol–water partition coefficient (Wildman–Crippen LogP) is 3.22. The van der Waals surface area contributed by atoms with Gasteiger partial charge in [0.05, 0.1) is 10.6 Å². The minimum Gasteiger partial charge on any atom is -0.502 e. The van der Waals surface area contributed by atoms with Crippen LogP contribution >= 0.6 is 15.9 Å². The van der Waals surface area contributed by atoms with Crippen molar-refractivity contribution in [3.63, 3.8) is 0 Å². The van der Waals surface area contributed by atoms with Crippen molar-refractivity contribution in [2.75, 3.05) is 0 Å². The van der Waals surface area contributed by atoms with E-state index in [1.54, 1.807) is 24.3 Å². The first-order valence-corrected chi connectivity index (χ1v) is 7.26. The van der Waals surface area contributed by atoms with E-state index in [0.717, 1.165) is 4.47 Å². The van der Waals surface area contributed by atoms with Crippen LogP contribution in [0.2, 0.25) is 0 Å². The summed E-state index contributed by atoms with van der Waals surface area (Å²) in [4.78, 5) is 22.1. The van der Waals surface area contributed by atoms with Gasteiger partial charge in [-0.05, 0) is 37.3 Å². The Bertz CT molecular complexity index is 788. The Morgan fingerprint density at radius 1 is 1.26 bits per heavy atom. The number of para-hydroxylation sites is 1. The fourth-order valence-corrected chi connectivity index (χ4v) is 2.10. The van der Waals surface area contributed by atoms with E-state index in [-0.39, 0.29) is 11.3 Å². The number of rotatable bonds is 4. The number of carbonyl (C=O) groups is 1. The SMILES string of the molecule is C/C(=N\NC(=O)c1ccc(Br)cc1)c1cccc([N+](=O)[O-])c1O. The zero-order valence-electron chi connectivity index (χ0n) is 12.0.